The number of benzene rings is 1. The van der Waals surface area contributed by atoms with Crippen molar-refractivity contribution < 1.29 is 9.59 Å². The Hall–Kier alpha value is -2.56. The van der Waals surface area contributed by atoms with Gasteiger partial charge in [-0.2, -0.15) is 0 Å². The molecule has 1 N–H and O–H groups in total. The highest BCUT2D eigenvalue weighted by Crippen LogP contribution is 2.32. The second-order valence-electron chi connectivity index (χ2n) is 6.86. The molecule has 0 aliphatic heterocycles. The summed E-state index contributed by atoms with van der Waals surface area (Å²) in [7, 11) is 0. The first kappa shape index (κ1) is 15.9. The van der Waals surface area contributed by atoms with Gasteiger partial charge in [-0.05, 0) is 50.2 Å². The summed E-state index contributed by atoms with van der Waals surface area (Å²) >= 11 is 0. The molecular weight excluding hydrogens is 314 g/mol. The van der Waals surface area contributed by atoms with E-state index >= 15 is 0 Å². The molecule has 0 radical (unpaired) electrons. The number of aryl methyl sites for hydroxylation is 2. The normalized spacial score (nSPS) is 19.1. The van der Waals surface area contributed by atoms with Crippen molar-refractivity contribution in [2.24, 2.45) is 0 Å². The van der Waals surface area contributed by atoms with Crippen LogP contribution in [0.15, 0.2) is 24.3 Å². The minimum Gasteiger partial charge on any atom is -0.294 e. The van der Waals surface area contributed by atoms with Crippen LogP contribution in [-0.2, 0) is 17.6 Å². The number of Topliss-reactive ketones (excluding diaryl/α,β-unsaturated/α-hetero) is 1. The zero-order valence-corrected chi connectivity index (χ0v) is 14.3. The van der Waals surface area contributed by atoms with Crippen LogP contribution in [0.5, 0.6) is 0 Å². The SMILES string of the molecule is Cc1nc(NC(=O)C2CCC(=O)c3ccccc32)nc2c1CCCC2. The molecule has 5 heteroatoms. The van der Waals surface area contributed by atoms with E-state index in [0.29, 0.717) is 24.4 Å². The molecule has 128 valence electrons. The van der Waals surface area contributed by atoms with E-state index in [1.165, 1.54) is 12.0 Å². The van der Waals surface area contributed by atoms with Crippen molar-refractivity contribution in [3.8, 4) is 0 Å². The van der Waals surface area contributed by atoms with E-state index in [-0.39, 0.29) is 17.6 Å². The van der Waals surface area contributed by atoms with Crippen LogP contribution in [0.3, 0.4) is 0 Å². The molecule has 0 bridgehead atoms. The van der Waals surface area contributed by atoms with Gasteiger partial charge in [0.2, 0.25) is 11.9 Å². The summed E-state index contributed by atoms with van der Waals surface area (Å²) in [5, 5.41) is 2.89. The van der Waals surface area contributed by atoms with Gasteiger partial charge in [0, 0.05) is 23.4 Å². The Kier molecular flexibility index (Phi) is 4.07. The molecule has 1 unspecified atom stereocenters. The van der Waals surface area contributed by atoms with Crippen molar-refractivity contribution >= 4 is 17.6 Å². The van der Waals surface area contributed by atoms with Gasteiger partial charge >= 0.3 is 0 Å². The number of aromatic nitrogens is 2. The molecule has 1 heterocycles. The maximum absolute atomic E-state index is 12.8. The average Bonchev–Trinajstić information content (AvgIpc) is 2.62. The number of rotatable bonds is 2. The second kappa shape index (κ2) is 6.39. The summed E-state index contributed by atoms with van der Waals surface area (Å²) < 4.78 is 0. The Morgan fingerprint density at radius 2 is 1.92 bits per heavy atom. The van der Waals surface area contributed by atoms with E-state index in [0.717, 1.165) is 36.2 Å². The first-order valence-electron chi connectivity index (χ1n) is 8.93. The van der Waals surface area contributed by atoms with Crippen molar-refractivity contribution in [2.75, 3.05) is 5.32 Å². The van der Waals surface area contributed by atoms with Gasteiger partial charge in [-0.25, -0.2) is 9.97 Å². The van der Waals surface area contributed by atoms with Gasteiger partial charge in [0.05, 0.1) is 5.92 Å². The molecule has 5 nitrogen and oxygen atoms in total. The van der Waals surface area contributed by atoms with Gasteiger partial charge in [-0.1, -0.05) is 24.3 Å². The van der Waals surface area contributed by atoms with E-state index in [1.54, 1.807) is 6.07 Å². The lowest BCUT2D eigenvalue weighted by molar-refractivity contribution is -0.117. The molecule has 2 aliphatic rings. The molecular formula is C20H21N3O2. The fourth-order valence-corrected chi connectivity index (χ4v) is 3.93. The molecule has 1 atom stereocenters. The largest absolute Gasteiger partial charge is 0.294 e. The van der Waals surface area contributed by atoms with Crippen LogP contribution in [0.4, 0.5) is 5.95 Å². The van der Waals surface area contributed by atoms with Gasteiger partial charge in [0.25, 0.3) is 0 Å². The lowest BCUT2D eigenvalue weighted by Crippen LogP contribution is -2.28. The van der Waals surface area contributed by atoms with Crippen LogP contribution in [0, 0.1) is 6.92 Å². The van der Waals surface area contributed by atoms with Crippen LogP contribution in [0.1, 0.15) is 64.5 Å². The first-order chi connectivity index (χ1) is 12.1. The monoisotopic (exact) mass is 335 g/mol. The first-order valence-corrected chi connectivity index (χ1v) is 8.93. The fourth-order valence-electron chi connectivity index (χ4n) is 3.93. The number of anilines is 1. The van der Waals surface area contributed by atoms with E-state index in [1.807, 2.05) is 25.1 Å². The van der Waals surface area contributed by atoms with Crippen molar-refractivity contribution in [1.29, 1.82) is 0 Å². The number of carbonyl (C=O) groups excluding carboxylic acids is 2. The number of hydrogen-bond acceptors (Lipinski definition) is 4. The molecule has 1 amide bonds. The molecule has 0 spiro atoms. The Balaban J connectivity index is 1.60. The zero-order chi connectivity index (χ0) is 17.4. The van der Waals surface area contributed by atoms with E-state index in [4.69, 9.17) is 0 Å². The molecule has 0 saturated heterocycles. The molecule has 2 aliphatic carbocycles. The van der Waals surface area contributed by atoms with Crippen molar-refractivity contribution in [1.82, 2.24) is 9.97 Å². The minimum atomic E-state index is -0.325. The number of hydrogen-bond donors (Lipinski definition) is 1. The fraction of sp³-hybridized carbons (Fsp3) is 0.400. The van der Waals surface area contributed by atoms with Gasteiger partial charge in [-0.3, -0.25) is 14.9 Å². The van der Waals surface area contributed by atoms with Crippen LogP contribution in [0.25, 0.3) is 0 Å². The summed E-state index contributed by atoms with van der Waals surface area (Å²) in [5.74, 6) is 0.0435. The highest BCUT2D eigenvalue weighted by molar-refractivity contribution is 6.04. The van der Waals surface area contributed by atoms with Gasteiger partial charge in [0.1, 0.15) is 0 Å². The third-order valence-corrected chi connectivity index (χ3v) is 5.24. The average molecular weight is 335 g/mol. The van der Waals surface area contributed by atoms with E-state index in [2.05, 4.69) is 15.3 Å². The van der Waals surface area contributed by atoms with Gasteiger partial charge in [-0.15, -0.1) is 0 Å². The van der Waals surface area contributed by atoms with Crippen LogP contribution in [-0.4, -0.2) is 21.7 Å². The number of fused-ring (bicyclic) bond motifs is 2. The summed E-state index contributed by atoms with van der Waals surface area (Å²) in [4.78, 5) is 33.9. The molecule has 1 aromatic heterocycles. The highest BCUT2D eigenvalue weighted by Gasteiger charge is 2.30. The van der Waals surface area contributed by atoms with E-state index < -0.39 is 0 Å². The van der Waals surface area contributed by atoms with Crippen LogP contribution >= 0.6 is 0 Å². The van der Waals surface area contributed by atoms with Gasteiger partial charge in [0.15, 0.2) is 5.78 Å². The van der Waals surface area contributed by atoms with Crippen LogP contribution in [0.2, 0.25) is 0 Å². The Morgan fingerprint density at radius 3 is 2.80 bits per heavy atom. The Bertz CT molecular complexity index is 860. The molecule has 4 rings (SSSR count). The lowest BCUT2D eigenvalue weighted by atomic mass is 9.81. The number of nitrogens with zero attached hydrogens (tertiary/aromatic N) is 2. The zero-order valence-electron chi connectivity index (χ0n) is 14.3. The number of ketones is 1. The predicted octanol–water partition coefficient (Wildman–Crippen LogP) is 3.36. The van der Waals surface area contributed by atoms with Gasteiger partial charge < -0.3 is 0 Å². The van der Waals surface area contributed by atoms with Crippen LogP contribution < -0.4 is 5.32 Å². The summed E-state index contributed by atoms with van der Waals surface area (Å²) in [6, 6.07) is 7.39. The molecule has 1 aromatic carbocycles. The predicted molar refractivity (Wildman–Crippen MR) is 94.8 cm³/mol. The lowest BCUT2D eigenvalue weighted by Gasteiger charge is -2.24. The number of amides is 1. The number of carbonyl (C=O) groups is 2. The van der Waals surface area contributed by atoms with Crippen molar-refractivity contribution in [2.45, 2.75) is 51.4 Å². The second-order valence-corrected chi connectivity index (χ2v) is 6.86. The maximum Gasteiger partial charge on any atom is 0.234 e. The van der Waals surface area contributed by atoms with E-state index in [9.17, 15) is 9.59 Å². The molecule has 0 saturated carbocycles. The Labute approximate surface area is 146 Å². The maximum atomic E-state index is 12.8. The third kappa shape index (κ3) is 2.95. The Morgan fingerprint density at radius 1 is 1.12 bits per heavy atom. The summed E-state index contributed by atoms with van der Waals surface area (Å²) in [6.07, 6.45) is 5.21. The molecule has 25 heavy (non-hydrogen) atoms. The molecule has 2 aromatic rings. The topological polar surface area (TPSA) is 72.0 Å². The summed E-state index contributed by atoms with van der Waals surface area (Å²) in [6.45, 7) is 1.98. The third-order valence-electron chi connectivity index (χ3n) is 5.24. The standard InChI is InChI=1S/C20H21N3O2/c1-12-13-6-4-5-9-17(13)22-20(21-12)23-19(25)16-10-11-18(24)15-8-3-2-7-14(15)16/h2-3,7-8,16H,4-6,9-11H2,1H3,(H,21,22,23,25). The van der Waals surface area contributed by atoms with Crippen molar-refractivity contribution in [3.63, 3.8) is 0 Å². The highest BCUT2D eigenvalue weighted by atomic mass is 16.2. The smallest absolute Gasteiger partial charge is 0.234 e. The summed E-state index contributed by atoms with van der Waals surface area (Å²) in [5.41, 5.74) is 4.73. The quantitative estimate of drug-likeness (QED) is 0.913. The van der Waals surface area contributed by atoms with Crippen molar-refractivity contribution in [3.05, 3.63) is 52.3 Å². The minimum absolute atomic E-state index is 0.112. The number of nitrogens with one attached hydrogen (secondary N) is 1. The molecule has 0 fully saturated rings.